The van der Waals surface area contributed by atoms with Crippen LogP contribution >= 0.6 is 0 Å². The quantitative estimate of drug-likeness (QED) is 0.363. The van der Waals surface area contributed by atoms with E-state index in [1.54, 1.807) is 0 Å². The first-order valence-electron chi connectivity index (χ1n) is 10.7. The van der Waals surface area contributed by atoms with Crippen molar-refractivity contribution in [1.29, 1.82) is 0 Å². The third kappa shape index (κ3) is 12.9. The van der Waals surface area contributed by atoms with Crippen molar-refractivity contribution in [3.05, 3.63) is 0 Å². The Morgan fingerprint density at radius 3 is 1.70 bits per heavy atom. The third-order valence-corrected chi connectivity index (χ3v) is 5.37. The molecule has 1 rings (SSSR count). The van der Waals surface area contributed by atoms with Crippen LogP contribution in [0.15, 0.2) is 0 Å². The van der Waals surface area contributed by atoms with Crippen molar-refractivity contribution in [2.24, 2.45) is 0 Å². The van der Waals surface area contributed by atoms with Gasteiger partial charge in [-0.25, -0.2) is 0 Å². The number of nitrogens with one attached hydrogen (secondary N) is 1. The standard InChI is InChI=1S/C21H43NO/c1-2-3-4-5-6-7-8-9-10-11-12-13-14-15-16-20-19-21(23)17-18-22-20/h20-23H,2-19H2,1H3. The van der Waals surface area contributed by atoms with E-state index in [2.05, 4.69) is 12.2 Å². The maximum absolute atomic E-state index is 9.65. The summed E-state index contributed by atoms with van der Waals surface area (Å²) in [5.74, 6) is 0. The molecule has 2 N–H and O–H groups in total. The van der Waals surface area contributed by atoms with Crippen LogP contribution in [-0.4, -0.2) is 23.8 Å². The number of piperidine rings is 1. The Labute approximate surface area is 145 Å². The summed E-state index contributed by atoms with van der Waals surface area (Å²) in [6.45, 7) is 3.29. The Kier molecular flexibility index (Phi) is 14.1. The second kappa shape index (κ2) is 15.4. The zero-order valence-corrected chi connectivity index (χ0v) is 15.8. The molecule has 1 heterocycles. The van der Waals surface area contributed by atoms with E-state index in [0.29, 0.717) is 6.04 Å². The summed E-state index contributed by atoms with van der Waals surface area (Å²) in [7, 11) is 0. The molecule has 0 bridgehead atoms. The summed E-state index contributed by atoms with van der Waals surface area (Å²) < 4.78 is 0. The summed E-state index contributed by atoms with van der Waals surface area (Å²) in [6, 6.07) is 0.580. The molecule has 0 amide bonds. The average Bonchev–Trinajstić information content (AvgIpc) is 2.55. The van der Waals surface area contributed by atoms with Crippen LogP contribution in [0.2, 0.25) is 0 Å². The molecule has 23 heavy (non-hydrogen) atoms. The first-order valence-corrected chi connectivity index (χ1v) is 10.7. The first kappa shape index (κ1) is 21.0. The highest BCUT2D eigenvalue weighted by molar-refractivity contribution is 4.77. The topological polar surface area (TPSA) is 32.3 Å². The molecule has 2 atom stereocenters. The Balaban J connectivity index is 1.71. The fourth-order valence-electron chi connectivity index (χ4n) is 3.79. The number of aliphatic hydroxyl groups excluding tert-OH is 1. The van der Waals surface area contributed by atoms with E-state index < -0.39 is 0 Å². The van der Waals surface area contributed by atoms with Crippen molar-refractivity contribution in [2.45, 2.75) is 128 Å². The van der Waals surface area contributed by atoms with E-state index in [1.807, 2.05) is 0 Å². The number of rotatable bonds is 15. The molecule has 0 spiro atoms. The van der Waals surface area contributed by atoms with E-state index in [9.17, 15) is 5.11 Å². The lowest BCUT2D eigenvalue weighted by molar-refractivity contribution is 0.113. The van der Waals surface area contributed by atoms with Crippen LogP contribution in [0.25, 0.3) is 0 Å². The minimum Gasteiger partial charge on any atom is -0.393 e. The van der Waals surface area contributed by atoms with Crippen LogP contribution in [0.1, 0.15) is 116 Å². The van der Waals surface area contributed by atoms with Gasteiger partial charge < -0.3 is 10.4 Å². The van der Waals surface area contributed by atoms with Crippen molar-refractivity contribution < 1.29 is 5.11 Å². The Hall–Kier alpha value is -0.0800. The van der Waals surface area contributed by atoms with Crippen LogP contribution in [0.5, 0.6) is 0 Å². The van der Waals surface area contributed by atoms with Gasteiger partial charge in [0.1, 0.15) is 0 Å². The van der Waals surface area contributed by atoms with Gasteiger partial charge in [-0.1, -0.05) is 96.8 Å². The van der Waals surface area contributed by atoms with Crippen molar-refractivity contribution in [3.63, 3.8) is 0 Å². The molecule has 0 saturated carbocycles. The van der Waals surface area contributed by atoms with Crippen LogP contribution < -0.4 is 5.32 Å². The highest BCUT2D eigenvalue weighted by atomic mass is 16.3. The predicted octanol–water partition coefficient (Wildman–Crippen LogP) is 5.97. The predicted molar refractivity (Wildman–Crippen MR) is 102 cm³/mol. The van der Waals surface area contributed by atoms with Gasteiger partial charge in [-0.15, -0.1) is 0 Å². The van der Waals surface area contributed by atoms with Gasteiger partial charge in [0.15, 0.2) is 0 Å². The van der Waals surface area contributed by atoms with Gasteiger partial charge in [-0.3, -0.25) is 0 Å². The minimum absolute atomic E-state index is 0.0482. The molecular formula is C21H43NO. The van der Waals surface area contributed by atoms with Crippen LogP contribution in [0, 0.1) is 0 Å². The molecule has 0 aliphatic carbocycles. The Morgan fingerprint density at radius 1 is 0.739 bits per heavy atom. The maximum Gasteiger partial charge on any atom is 0.0567 e. The first-order chi connectivity index (χ1) is 11.3. The van der Waals surface area contributed by atoms with Crippen molar-refractivity contribution in [1.82, 2.24) is 5.32 Å². The van der Waals surface area contributed by atoms with E-state index in [0.717, 1.165) is 19.4 Å². The summed E-state index contributed by atoms with van der Waals surface area (Å²) >= 11 is 0. The van der Waals surface area contributed by atoms with Gasteiger partial charge in [-0.05, 0) is 25.8 Å². The van der Waals surface area contributed by atoms with Crippen LogP contribution in [-0.2, 0) is 0 Å². The fraction of sp³-hybridized carbons (Fsp3) is 1.00. The third-order valence-electron chi connectivity index (χ3n) is 5.37. The fourth-order valence-corrected chi connectivity index (χ4v) is 3.79. The summed E-state index contributed by atoms with van der Waals surface area (Å²) in [5.41, 5.74) is 0. The van der Waals surface area contributed by atoms with Crippen LogP contribution in [0.3, 0.4) is 0 Å². The van der Waals surface area contributed by atoms with Crippen LogP contribution in [0.4, 0.5) is 0 Å². The van der Waals surface area contributed by atoms with Gasteiger partial charge in [0.05, 0.1) is 6.10 Å². The van der Waals surface area contributed by atoms with Gasteiger partial charge >= 0.3 is 0 Å². The number of unbranched alkanes of at least 4 members (excludes halogenated alkanes) is 13. The summed E-state index contributed by atoms with van der Waals surface area (Å²) in [6.07, 6.45) is 23.1. The molecule has 2 heteroatoms. The lowest BCUT2D eigenvalue weighted by atomic mass is 9.96. The summed E-state index contributed by atoms with van der Waals surface area (Å²) in [4.78, 5) is 0. The number of aliphatic hydroxyl groups is 1. The molecule has 1 aliphatic heterocycles. The SMILES string of the molecule is CCCCCCCCCCCCCCCCC1CC(O)CCN1. The zero-order valence-electron chi connectivity index (χ0n) is 15.8. The van der Waals surface area contributed by atoms with E-state index in [-0.39, 0.29) is 6.10 Å². The number of hydrogen-bond acceptors (Lipinski definition) is 2. The smallest absolute Gasteiger partial charge is 0.0567 e. The number of hydrogen-bond donors (Lipinski definition) is 2. The maximum atomic E-state index is 9.65. The normalized spacial score (nSPS) is 21.7. The zero-order chi connectivity index (χ0) is 16.6. The molecule has 0 aromatic rings. The highest BCUT2D eigenvalue weighted by Gasteiger charge is 2.18. The molecule has 1 fully saturated rings. The van der Waals surface area contributed by atoms with Crippen molar-refractivity contribution in [2.75, 3.05) is 6.54 Å². The minimum atomic E-state index is -0.0482. The highest BCUT2D eigenvalue weighted by Crippen LogP contribution is 2.16. The van der Waals surface area contributed by atoms with Crippen molar-refractivity contribution >= 4 is 0 Å². The van der Waals surface area contributed by atoms with E-state index in [4.69, 9.17) is 0 Å². The van der Waals surface area contributed by atoms with E-state index in [1.165, 1.54) is 96.3 Å². The average molecular weight is 326 g/mol. The Morgan fingerprint density at radius 2 is 1.22 bits per heavy atom. The van der Waals surface area contributed by atoms with Gasteiger partial charge in [0, 0.05) is 6.04 Å². The van der Waals surface area contributed by atoms with Gasteiger partial charge in [0.25, 0.3) is 0 Å². The Bertz CT molecular complexity index is 244. The van der Waals surface area contributed by atoms with Gasteiger partial charge in [0.2, 0.25) is 0 Å². The molecular weight excluding hydrogens is 282 g/mol. The lowest BCUT2D eigenvalue weighted by Gasteiger charge is -2.27. The second-order valence-electron chi connectivity index (χ2n) is 7.71. The van der Waals surface area contributed by atoms with E-state index >= 15 is 0 Å². The second-order valence-corrected chi connectivity index (χ2v) is 7.71. The largest absolute Gasteiger partial charge is 0.393 e. The molecule has 1 aliphatic rings. The molecule has 0 radical (unpaired) electrons. The van der Waals surface area contributed by atoms with Gasteiger partial charge in [-0.2, -0.15) is 0 Å². The molecule has 0 aromatic carbocycles. The summed E-state index contributed by atoms with van der Waals surface area (Å²) in [5, 5.41) is 13.2. The molecule has 138 valence electrons. The molecule has 0 aromatic heterocycles. The molecule has 2 unspecified atom stereocenters. The molecule has 1 saturated heterocycles. The van der Waals surface area contributed by atoms with Crippen molar-refractivity contribution in [3.8, 4) is 0 Å². The molecule has 2 nitrogen and oxygen atoms in total. The monoisotopic (exact) mass is 325 g/mol. The lowest BCUT2D eigenvalue weighted by Crippen LogP contribution is -2.40.